The van der Waals surface area contributed by atoms with E-state index in [4.69, 9.17) is 5.73 Å². The van der Waals surface area contributed by atoms with E-state index in [1.54, 1.807) is 30.5 Å². The molecule has 1 aromatic heterocycles. The number of nitrogens with zero attached hydrogens (tertiary/aromatic N) is 2. The molecule has 0 aliphatic carbocycles. The maximum absolute atomic E-state index is 14.4. The van der Waals surface area contributed by atoms with Crippen molar-refractivity contribution in [2.24, 2.45) is 10.7 Å². The molecule has 3 rings (SSSR count). The van der Waals surface area contributed by atoms with Crippen LogP contribution in [0.4, 0.5) is 15.9 Å². The van der Waals surface area contributed by atoms with Gasteiger partial charge in [0.15, 0.2) is 5.17 Å². The molecule has 0 spiro atoms. The maximum Gasteiger partial charge on any atom is 0.154 e. The maximum atomic E-state index is 14.4. The fourth-order valence-electron chi connectivity index (χ4n) is 2.71. The average Bonchev–Trinajstić information content (AvgIpc) is 2.57. The van der Waals surface area contributed by atoms with Gasteiger partial charge in [-0.25, -0.2) is 9.37 Å². The highest BCUT2D eigenvalue weighted by Gasteiger charge is 2.32. The number of aliphatic hydroxyl groups excluding tert-OH is 1. The SMILES string of the molecule is C[C@@]1(c2cc(Nc3ncccc3CO)ccc2F)CCSC(N)=N1. The largest absolute Gasteiger partial charge is 0.392 e. The van der Waals surface area contributed by atoms with Crippen molar-refractivity contribution in [3.05, 3.63) is 53.5 Å². The number of anilines is 2. The van der Waals surface area contributed by atoms with Crippen LogP contribution in [-0.4, -0.2) is 21.0 Å². The Morgan fingerprint density at radius 2 is 2.25 bits per heavy atom. The van der Waals surface area contributed by atoms with Gasteiger partial charge in [-0.15, -0.1) is 0 Å². The van der Waals surface area contributed by atoms with Crippen LogP contribution in [0.25, 0.3) is 0 Å². The lowest BCUT2D eigenvalue weighted by atomic mass is 9.89. The second-order valence-corrected chi connectivity index (χ2v) is 6.93. The van der Waals surface area contributed by atoms with Crippen LogP contribution >= 0.6 is 11.8 Å². The summed E-state index contributed by atoms with van der Waals surface area (Å²) in [6.45, 7) is 1.77. The Kier molecular flexibility index (Phi) is 4.73. The summed E-state index contributed by atoms with van der Waals surface area (Å²) in [6.07, 6.45) is 2.35. The Hall–Kier alpha value is -2.12. The minimum absolute atomic E-state index is 0.125. The molecule has 1 aliphatic heterocycles. The van der Waals surface area contributed by atoms with E-state index < -0.39 is 5.54 Å². The van der Waals surface area contributed by atoms with E-state index in [2.05, 4.69) is 15.3 Å². The van der Waals surface area contributed by atoms with Gasteiger partial charge in [0, 0.05) is 28.8 Å². The Morgan fingerprint density at radius 1 is 1.42 bits per heavy atom. The van der Waals surface area contributed by atoms with Gasteiger partial charge >= 0.3 is 0 Å². The Labute approximate surface area is 144 Å². The molecule has 7 heteroatoms. The molecule has 2 heterocycles. The number of benzene rings is 1. The zero-order valence-electron chi connectivity index (χ0n) is 13.3. The minimum atomic E-state index is -0.680. The molecule has 0 radical (unpaired) electrons. The monoisotopic (exact) mass is 346 g/mol. The predicted molar refractivity (Wildman–Crippen MR) is 95.9 cm³/mol. The van der Waals surface area contributed by atoms with Gasteiger partial charge in [-0.3, -0.25) is 4.99 Å². The fourth-order valence-corrected chi connectivity index (χ4v) is 3.69. The second kappa shape index (κ2) is 6.78. The van der Waals surface area contributed by atoms with Crippen LogP contribution < -0.4 is 11.1 Å². The topological polar surface area (TPSA) is 83.5 Å². The molecule has 0 bridgehead atoms. The number of aliphatic imine (C=N–C) groups is 1. The first kappa shape index (κ1) is 16.7. The Morgan fingerprint density at radius 3 is 3.00 bits per heavy atom. The summed E-state index contributed by atoms with van der Waals surface area (Å²) in [5.41, 5.74) is 7.01. The molecular formula is C17H19FN4OS. The molecule has 5 nitrogen and oxygen atoms in total. The van der Waals surface area contributed by atoms with Crippen LogP contribution in [0.1, 0.15) is 24.5 Å². The number of halogens is 1. The molecule has 24 heavy (non-hydrogen) atoms. The summed E-state index contributed by atoms with van der Waals surface area (Å²) >= 11 is 1.48. The molecule has 0 saturated heterocycles. The van der Waals surface area contributed by atoms with Crippen molar-refractivity contribution in [2.45, 2.75) is 25.5 Å². The van der Waals surface area contributed by atoms with Gasteiger partial charge in [0.25, 0.3) is 0 Å². The zero-order chi connectivity index (χ0) is 17.2. The summed E-state index contributed by atoms with van der Waals surface area (Å²) in [5, 5.41) is 13.0. The highest BCUT2D eigenvalue weighted by Crippen LogP contribution is 2.37. The lowest BCUT2D eigenvalue weighted by Gasteiger charge is -2.30. The number of hydrogen-bond acceptors (Lipinski definition) is 6. The van der Waals surface area contributed by atoms with Crippen molar-refractivity contribution in [3.63, 3.8) is 0 Å². The number of pyridine rings is 1. The molecule has 2 aromatic rings. The Balaban J connectivity index is 1.96. The number of nitrogens with one attached hydrogen (secondary N) is 1. The molecule has 0 unspecified atom stereocenters. The molecule has 1 atom stereocenters. The standard InChI is InChI=1S/C17H19FN4OS/c1-17(6-8-24-16(19)22-17)13-9-12(4-5-14(13)18)21-15-11(10-23)3-2-7-20-15/h2-5,7,9,23H,6,8,10H2,1H3,(H2,19,22)(H,20,21)/t17-/m0/s1. The van der Waals surface area contributed by atoms with E-state index in [0.717, 1.165) is 5.75 Å². The van der Waals surface area contributed by atoms with Gasteiger partial charge < -0.3 is 16.2 Å². The highest BCUT2D eigenvalue weighted by molar-refractivity contribution is 8.13. The third-order valence-corrected chi connectivity index (χ3v) is 4.86. The first-order chi connectivity index (χ1) is 11.5. The van der Waals surface area contributed by atoms with Gasteiger partial charge in [0.1, 0.15) is 11.6 Å². The summed E-state index contributed by atoms with van der Waals surface area (Å²) in [5.74, 6) is 1.04. The van der Waals surface area contributed by atoms with E-state index in [1.165, 1.54) is 17.8 Å². The number of aromatic nitrogens is 1. The van der Waals surface area contributed by atoms with E-state index in [1.807, 2.05) is 6.92 Å². The summed E-state index contributed by atoms with van der Waals surface area (Å²) < 4.78 is 14.4. The van der Waals surface area contributed by atoms with Crippen molar-refractivity contribution >= 4 is 28.4 Å². The highest BCUT2D eigenvalue weighted by atomic mass is 32.2. The molecular weight excluding hydrogens is 327 g/mol. The van der Waals surface area contributed by atoms with Gasteiger partial charge in [-0.2, -0.15) is 0 Å². The van der Waals surface area contributed by atoms with E-state index in [9.17, 15) is 9.50 Å². The number of amidine groups is 1. The Bertz CT molecular complexity index is 783. The summed E-state index contributed by atoms with van der Waals surface area (Å²) in [7, 11) is 0. The van der Waals surface area contributed by atoms with Gasteiger partial charge in [0.05, 0.1) is 12.1 Å². The van der Waals surface area contributed by atoms with Crippen molar-refractivity contribution in [1.82, 2.24) is 4.98 Å². The molecule has 0 saturated carbocycles. The van der Waals surface area contributed by atoms with Crippen molar-refractivity contribution in [2.75, 3.05) is 11.1 Å². The molecule has 0 amide bonds. The molecule has 4 N–H and O–H groups in total. The van der Waals surface area contributed by atoms with Crippen LogP contribution in [0.15, 0.2) is 41.5 Å². The zero-order valence-corrected chi connectivity index (χ0v) is 14.1. The normalized spacial score (nSPS) is 20.5. The number of thioether (sulfide) groups is 1. The van der Waals surface area contributed by atoms with Gasteiger partial charge in [-0.05, 0) is 37.6 Å². The fraction of sp³-hybridized carbons (Fsp3) is 0.294. The van der Waals surface area contributed by atoms with Crippen molar-refractivity contribution in [3.8, 4) is 0 Å². The smallest absolute Gasteiger partial charge is 0.154 e. The molecule has 126 valence electrons. The first-order valence-corrected chi connectivity index (χ1v) is 8.60. The van der Waals surface area contributed by atoms with Crippen LogP contribution in [0.2, 0.25) is 0 Å². The number of hydrogen-bond donors (Lipinski definition) is 3. The minimum Gasteiger partial charge on any atom is -0.392 e. The molecule has 1 aliphatic rings. The van der Waals surface area contributed by atoms with Gasteiger partial charge in [-0.1, -0.05) is 17.8 Å². The van der Waals surface area contributed by atoms with Crippen LogP contribution in [0, 0.1) is 5.82 Å². The second-order valence-electron chi connectivity index (χ2n) is 5.81. The van der Waals surface area contributed by atoms with Crippen LogP contribution in [0.3, 0.4) is 0 Å². The third-order valence-electron chi connectivity index (χ3n) is 4.07. The van der Waals surface area contributed by atoms with Crippen molar-refractivity contribution in [1.29, 1.82) is 0 Å². The van der Waals surface area contributed by atoms with E-state index in [0.29, 0.717) is 34.2 Å². The first-order valence-electron chi connectivity index (χ1n) is 7.62. The summed E-state index contributed by atoms with van der Waals surface area (Å²) in [4.78, 5) is 8.68. The van der Waals surface area contributed by atoms with Gasteiger partial charge in [0.2, 0.25) is 0 Å². The molecule has 0 fully saturated rings. The predicted octanol–water partition coefficient (Wildman–Crippen LogP) is 3.12. The quantitative estimate of drug-likeness (QED) is 0.792. The lowest BCUT2D eigenvalue weighted by molar-refractivity contribution is 0.282. The van der Waals surface area contributed by atoms with Crippen molar-refractivity contribution < 1.29 is 9.50 Å². The number of nitrogens with two attached hydrogens (primary N) is 1. The number of rotatable bonds is 4. The summed E-state index contributed by atoms with van der Waals surface area (Å²) in [6, 6.07) is 8.33. The number of aliphatic hydroxyl groups is 1. The third kappa shape index (κ3) is 3.37. The van der Waals surface area contributed by atoms with Crippen LogP contribution in [0.5, 0.6) is 0 Å². The van der Waals surface area contributed by atoms with E-state index >= 15 is 0 Å². The molecule has 1 aromatic carbocycles. The lowest BCUT2D eigenvalue weighted by Crippen LogP contribution is -2.29. The van der Waals surface area contributed by atoms with Crippen LogP contribution in [-0.2, 0) is 12.1 Å². The average molecular weight is 346 g/mol. The van der Waals surface area contributed by atoms with E-state index in [-0.39, 0.29) is 12.4 Å².